The molecular formula is C7H5BrN2. The van der Waals surface area contributed by atoms with Crippen molar-refractivity contribution in [2.45, 2.75) is 0 Å². The maximum Gasteiger partial charge on any atom is 0.195 e. The lowest BCUT2D eigenvalue weighted by Gasteiger charge is -2.02. The van der Waals surface area contributed by atoms with Crippen LogP contribution in [0.3, 0.4) is 0 Å². The molecule has 0 N–H and O–H groups in total. The van der Waals surface area contributed by atoms with Crippen molar-refractivity contribution < 1.29 is 0 Å². The van der Waals surface area contributed by atoms with Crippen molar-refractivity contribution in [2.75, 3.05) is 3.93 Å². The summed E-state index contributed by atoms with van der Waals surface area (Å²) < 4.78 is 1.33. The van der Waals surface area contributed by atoms with Gasteiger partial charge in [0.1, 0.15) is 0 Å². The Morgan fingerprint density at radius 3 is 2.40 bits per heavy atom. The SMILES string of the molecule is N#CN(Br)c1ccccc1. The lowest BCUT2D eigenvalue weighted by molar-refractivity contribution is 1.41. The molecule has 10 heavy (non-hydrogen) atoms. The molecule has 0 saturated heterocycles. The van der Waals surface area contributed by atoms with E-state index in [4.69, 9.17) is 5.26 Å². The number of anilines is 1. The summed E-state index contributed by atoms with van der Waals surface area (Å²) in [4.78, 5) is 0. The van der Waals surface area contributed by atoms with E-state index in [2.05, 4.69) is 16.1 Å². The van der Waals surface area contributed by atoms with Gasteiger partial charge in [-0.15, -0.1) is 0 Å². The van der Waals surface area contributed by atoms with Gasteiger partial charge in [-0.2, -0.15) is 5.26 Å². The van der Waals surface area contributed by atoms with E-state index in [1.54, 1.807) is 0 Å². The number of rotatable bonds is 1. The molecule has 0 unspecified atom stereocenters. The summed E-state index contributed by atoms with van der Waals surface area (Å²) in [6.45, 7) is 0. The number of hydrogen-bond donors (Lipinski definition) is 0. The predicted molar refractivity (Wildman–Crippen MR) is 43.5 cm³/mol. The van der Waals surface area contributed by atoms with Gasteiger partial charge < -0.3 is 0 Å². The molecule has 1 aromatic carbocycles. The summed E-state index contributed by atoms with van der Waals surface area (Å²) >= 11 is 3.06. The summed E-state index contributed by atoms with van der Waals surface area (Å²) in [7, 11) is 0. The first-order valence-electron chi connectivity index (χ1n) is 2.75. The number of para-hydroxylation sites is 1. The molecule has 0 aromatic heterocycles. The molecule has 50 valence electrons. The van der Waals surface area contributed by atoms with Crippen molar-refractivity contribution in [1.82, 2.24) is 0 Å². The standard InChI is InChI=1S/C7H5BrN2/c8-10(6-9)7-4-2-1-3-5-7/h1-5H. The fraction of sp³-hybridized carbons (Fsp3) is 0. The molecule has 0 saturated carbocycles. The van der Waals surface area contributed by atoms with Crippen molar-refractivity contribution in [1.29, 1.82) is 5.26 Å². The van der Waals surface area contributed by atoms with Gasteiger partial charge in [0.2, 0.25) is 0 Å². The molecule has 0 aliphatic rings. The van der Waals surface area contributed by atoms with Crippen LogP contribution in [0.1, 0.15) is 0 Å². The van der Waals surface area contributed by atoms with Gasteiger partial charge >= 0.3 is 0 Å². The van der Waals surface area contributed by atoms with Crippen LogP contribution in [-0.2, 0) is 0 Å². The van der Waals surface area contributed by atoms with Crippen LogP contribution < -0.4 is 3.93 Å². The van der Waals surface area contributed by atoms with Gasteiger partial charge in [-0.05, 0) is 12.1 Å². The van der Waals surface area contributed by atoms with Crippen LogP contribution in [-0.4, -0.2) is 0 Å². The second-order valence-electron chi connectivity index (χ2n) is 1.72. The smallest absolute Gasteiger partial charge is 0.195 e. The summed E-state index contributed by atoms with van der Waals surface area (Å²) in [5.41, 5.74) is 0.838. The molecule has 1 rings (SSSR count). The molecule has 0 amide bonds. The molecule has 0 bridgehead atoms. The summed E-state index contributed by atoms with van der Waals surface area (Å²) in [5, 5.41) is 8.42. The second kappa shape index (κ2) is 3.23. The third-order valence-electron chi connectivity index (χ3n) is 1.07. The molecule has 3 heteroatoms. The Kier molecular flexibility index (Phi) is 2.30. The zero-order valence-electron chi connectivity index (χ0n) is 5.16. The van der Waals surface area contributed by atoms with Gasteiger partial charge in [0.25, 0.3) is 0 Å². The Bertz CT molecular complexity index is 240. The first kappa shape index (κ1) is 7.10. The van der Waals surface area contributed by atoms with Crippen LogP contribution in [0.15, 0.2) is 30.3 Å². The van der Waals surface area contributed by atoms with Gasteiger partial charge in [-0.25, -0.2) is 3.93 Å². The van der Waals surface area contributed by atoms with E-state index in [9.17, 15) is 0 Å². The minimum atomic E-state index is 0.838. The molecular weight excluding hydrogens is 192 g/mol. The Morgan fingerprint density at radius 1 is 1.30 bits per heavy atom. The predicted octanol–water partition coefficient (Wildman–Crippen LogP) is 2.28. The minimum absolute atomic E-state index is 0.838. The van der Waals surface area contributed by atoms with E-state index < -0.39 is 0 Å². The summed E-state index contributed by atoms with van der Waals surface area (Å²) in [6, 6.07) is 9.35. The molecule has 0 fully saturated rings. The van der Waals surface area contributed by atoms with E-state index in [0.29, 0.717) is 0 Å². The van der Waals surface area contributed by atoms with Gasteiger partial charge in [0.05, 0.1) is 21.8 Å². The molecule has 0 atom stereocenters. The average molecular weight is 197 g/mol. The third-order valence-corrected chi connectivity index (χ3v) is 1.64. The summed E-state index contributed by atoms with van der Waals surface area (Å²) in [6.07, 6.45) is 1.93. The Balaban J connectivity index is 2.88. The Labute approximate surface area is 68.0 Å². The van der Waals surface area contributed by atoms with Crippen LogP contribution in [0.5, 0.6) is 0 Å². The monoisotopic (exact) mass is 196 g/mol. The number of nitriles is 1. The van der Waals surface area contributed by atoms with E-state index in [1.165, 1.54) is 3.93 Å². The van der Waals surface area contributed by atoms with Gasteiger partial charge in [-0.3, -0.25) is 0 Å². The maximum absolute atomic E-state index is 8.42. The van der Waals surface area contributed by atoms with Crippen molar-refractivity contribution in [3.05, 3.63) is 30.3 Å². The van der Waals surface area contributed by atoms with Crippen LogP contribution >= 0.6 is 16.1 Å². The quantitative estimate of drug-likeness (QED) is 0.392. The van der Waals surface area contributed by atoms with Gasteiger partial charge in [0, 0.05) is 0 Å². The highest BCUT2D eigenvalue weighted by Crippen LogP contribution is 2.14. The molecule has 1 aromatic rings. The first-order valence-corrected chi connectivity index (χ1v) is 3.46. The molecule has 2 nitrogen and oxygen atoms in total. The molecule has 0 spiro atoms. The molecule has 0 aliphatic carbocycles. The van der Waals surface area contributed by atoms with Crippen LogP contribution in [0.25, 0.3) is 0 Å². The fourth-order valence-electron chi connectivity index (χ4n) is 0.617. The van der Waals surface area contributed by atoms with E-state index in [1.807, 2.05) is 36.5 Å². The normalized spacial score (nSPS) is 8.40. The Hall–Kier alpha value is -1.01. The zero-order valence-corrected chi connectivity index (χ0v) is 6.75. The van der Waals surface area contributed by atoms with Crippen LogP contribution in [0.4, 0.5) is 5.69 Å². The zero-order chi connectivity index (χ0) is 7.40. The van der Waals surface area contributed by atoms with E-state index >= 15 is 0 Å². The summed E-state index contributed by atoms with van der Waals surface area (Å²) in [5.74, 6) is 0. The highest BCUT2D eigenvalue weighted by Gasteiger charge is 1.96. The number of nitrogens with zero attached hydrogens (tertiary/aromatic N) is 2. The Morgan fingerprint density at radius 2 is 1.90 bits per heavy atom. The van der Waals surface area contributed by atoms with Crippen molar-refractivity contribution in [3.8, 4) is 6.19 Å². The third kappa shape index (κ3) is 1.49. The number of hydrogen-bond acceptors (Lipinski definition) is 2. The second-order valence-corrected chi connectivity index (χ2v) is 2.43. The average Bonchev–Trinajstić information content (AvgIpc) is 2.05. The number of halogens is 1. The molecule has 0 heterocycles. The fourth-order valence-corrected chi connectivity index (χ4v) is 0.853. The maximum atomic E-state index is 8.42. The van der Waals surface area contributed by atoms with Crippen LogP contribution in [0, 0.1) is 11.5 Å². The van der Waals surface area contributed by atoms with Crippen molar-refractivity contribution in [3.63, 3.8) is 0 Å². The number of benzene rings is 1. The van der Waals surface area contributed by atoms with Crippen molar-refractivity contribution >= 4 is 21.8 Å². The van der Waals surface area contributed by atoms with Gasteiger partial charge in [0.15, 0.2) is 6.19 Å². The lowest BCUT2D eigenvalue weighted by Crippen LogP contribution is -1.97. The van der Waals surface area contributed by atoms with Gasteiger partial charge in [-0.1, -0.05) is 18.2 Å². The largest absolute Gasteiger partial charge is 0.213 e. The van der Waals surface area contributed by atoms with Crippen LogP contribution in [0.2, 0.25) is 0 Å². The van der Waals surface area contributed by atoms with Crippen molar-refractivity contribution in [2.24, 2.45) is 0 Å². The lowest BCUT2D eigenvalue weighted by atomic mass is 10.3. The highest BCUT2D eigenvalue weighted by molar-refractivity contribution is 9.10. The minimum Gasteiger partial charge on any atom is -0.213 e. The topological polar surface area (TPSA) is 27.0 Å². The highest BCUT2D eigenvalue weighted by atomic mass is 79.9. The molecule has 0 aliphatic heterocycles. The van der Waals surface area contributed by atoms with E-state index in [0.717, 1.165) is 5.69 Å². The molecule has 0 radical (unpaired) electrons. The first-order chi connectivity index (χ1) is 4.84. The van der Waals surface area contributed by atoms with E-state index in [-0.39, 0.29) is 0 Å².